The standard InChI is InChI=1S/C20H30Cl2N2O6S/c1-20(2,3)30-19(25)24-8-10-29-18(13-28-9-7-23-31(4,26)27)15(12-24)14-5-6-16(21)17(22)11-14/h5-6,11,15,18,23H,7-10,12-13H2,1-4H3/t15-,18-/m0/s1. The number of nitrogens with one attached hydrogen (secondary N) is 1. The first-order valence-electron chi connectivity index (χ1n) is 9.92. The van der Waals surface area contributed by atoms with E-state index in [1.54, 1.807) is 17.0 Å². The summed E-state index contributed by atoms with van der Waals surface area (Å²) in [6.07, 6.45) is 0.301. The molecule has 176 valence electrons. The monoisotopic (exact) mass is 496 g/mol. The molecule has 0 radical (unpaired) electrons. The van der Waals surface area contributed by atoms with Crippen molar-refractivity contribution in [3.8, 4) is 0 Å². The Balaban J connectivity index is 2.14. The van der Waals surface area contributed by atoms with Crippen molar-refractivity contribution in [2.75, 3.05) is 45.7 Å². The minimum Gasteiger partial charge on any atom is -0.444 e. The number of ether oxygens (including phenoxy) is 3. The molecule has 1 heterocycles. The average Bonchev–Trinajstić information content (AvgIpc) is 2.84. The molecular weight excluding hydrogens is 467 g/mol. The molecule has 0 spiro atoms. The highest BCUT2D eigenvalue weighted by Gasteiger charge is 2.33. The highest BCUT2D eigenvalue weighted by atomic mass is 35.5. The minimum atomic E-state index is -3.28. The minimum absolute atomic E-state index is 0.160. The summed E-state index contributed by atoms with van der Waals surface area (Å²) in [5.41, 5.74) is 0.242. The van der Waals surface area contributed by atoms with Gasteiger partial charge in [0.05, 0.1) is 42.2 Å². The molecule has 0 saturated carbocycles. The average molecular weight is 497 g/mol. The molecule has 2 atom stereocenters. The SMILES string of the molecule is CC(C)(C)OC(=O)N1CCO[C@@H](COCCNS(C)(=O)=O)[C@H](c2ccc(Cl)c(Cl)c2)C1. The van der Waals surface area contributed by atoms with Gasteiger partial charge >= 0.3 is 6.09 Å². The van der Waals surface area contributed by atoms with Crippen LogP contribution in [0.1, 0.15) is 32.3 Å². The van der Waals surface area contributed by atoms with Crippen LogP contribution in [0.4, 0.5) is 4.79 Å². The molecule has 1 aromatic carbocycles. The van der Waals surface area contributed by atoms with Gasteiger partial charge in [-0.25, -0.2) is 17.9 Å². The van der Waals surface area contributed by atoms with Crippen molar-refractivity contribution in [3.63, 3.8) is 0 Å². The van der Waals surface area contributed by atoms with E-state index in [1.807, 2.05) is 26.8 Å². The molecule has 1 amide bonds. The lowest BCUT2D eigenvalue weighted by Crippen LogP contribution is -2.40. The fraction of sp³-hybridized carbons (Fsp3) is 0.650. The Kier molecular flexibility index (Phi) is 9.41. The van der Waals surface area contributed by atoms with Gasteiger partial charge in [-0.05, 0) is 38.5 Å². The zero-order valence-corrected chi connectivity index (χ0v) is 20.5. The van der Waals surface area contributed by atoms with E-state index in [2.05, 4.69) is 4.72 Å². The second-order valence-corrected chi connectivity index (χ2v) is 11.0. The molecule has 0 aliphatic carbocycles. The van der Waals surface area contributed by atoms with Crippen molar-refractivity contribution in [1.82, 2.24) is 9.62 Å². The first-order chi connectivity index (χ1) is 14.4. The van der Waals surface area contributed by atoms with Gasteiger partial charge in [0.1, 0.15) is 5.60 Å². The van der Waals surface area contributed by atoms with Crippen LogP contribution in [-0.4, -0.2) is 76.8 Å². The zero-order chi connectivity index (χ0) is 23.2. The highest BCUT2D eigenvalue weighted by molar-refractivity contribution is 7.88. The van der Waals surface area contributed by atoms with Crippen LogP contribution in [0.25, 0.3) is 0 Å². The maximum atomic E-state index is 12.7. The molecule has 0 aromatic heterocycles. The maximum Gasteiger partial charge on any atom is 0.410 e. The number of nitrogens with zero attached hydrogens (tertiary/aromatic N) is 1. The number of carbonyl (C=O) groups is 1. The molecule has 1 aliphatic heterocycles. The molecule has 11 heteroatoms. The summed E-state index contributed by atoms with van der Waals surface area (Å²) in [4.78, 5) is 14.3. The number of carbonyl (C=O) groups excluding carboxylic acids is 1. The molecule has 0 bridgehead atoms. The molecule has 1 saturated heterocycles. The first-order valence-corrected chi connectivity index (χ1v) is 12.6. The summed E-state index contributed by atoms with van der Waals surface area (Å²) in [5.74, 6) is -0.243. The van der Waals surface area contributed by atoms with Crippen LogP contribution in [0.5, 0.6) is 0 Å². The molecule has 1 N–H and O–H groups in total. The van der Waals surface area contributed by atoms with E-state index in [4.69, 9.17) is 37.4 Å². The molecule has 2 rings (SSSR count). The lowest BCUT2D eigenvalue weighted by molar-refractivity contribution is -0.0180. The molecular formula is C20H30Cl2N2O6S. The Morgan fingerprint density at radius 2 is 2.00 bits per heavy atom. The smallest absolute Gasteiger partial charge is 0.410 e. The summed E-state index contributed by atoms with van der Waals surface area (Å²) in [6, 6.07) is 5.31. The third-order valence-electron chi connectivity index (χ3n) is 4.48. The quantitative estimate of drug-likeness (QED) is 0.582. The van der Waals surface area contributed by atoms with Crippen LogP contribution in [0.3, 0.4) is 0 Å². The topological polar surface area (TPSA) is 94.2 Å². The third kappa shape index (κ3) is 9.11. The number of sulfonamides is 1. The Morgan fingerprint density at radius 1 is 1.29 bits per heavy atom. The van der Waals surface area contributed by atoms with E-state index < -0.39 is 21.7 Å². The van der Waals surface area contributed by atoms with Gasteiger partial charge in [-0.3, -0.25) is 0 Å². The van der Waals surface area contributed by atoms with E-state index in [0.29, 0.717) is 29.7 Å². The van der Waals surface area contributed by atoms with Gasteiger partial charge in [0, 0.05) is 25.6 Å². The van der Waals surface area contributed by atoms with Gasteiger partial charge in [-0.2, -0.15) is 0 Å². The molecule has 1 fully saturated rings. The largest absolute Gasteiger partial charge is 0.444 e. The number of rotatable bonds is 7. The normalized spacial score (nSPS) is 20.4. The van der Waals surface area contributed by atoms with Gasteiger partial charge in [-0.1, -0.05) is 29.3 Å². The lowest BCUT2D eigenvalue weighted by atomic mass is 9.93. The van der Waals surface area contributed by atoms with Crippen molar-refractivity contribution < 1.29 is 27.4 Å². The number of halogens is 2. The Hall–Kier alpha value is -1.10. The van der Waals surface area contributed by atoms with Crippen LogP contribution in [0.2, 0.25) is 10.0 Å². The van der Waals surface area contributed by atoms with Gasteiger partial charge in [0.25, 0.3) is 0 Å². The predicted molar refractivity (Wildman–Crippen MR) is 120 cm³/mol. The summed E-state index contributed by atoms with van der Waals surface area (Å²) in [7, 11) is -3.28. The van der Waals surface area contributed by atoms with Gasteiger partial charge in [0.15, 0.2) is 0 Å². The van der Waals surface area contributed by atoms with Gasteiger partial charge in [-0.15, -0.1) is 0 Å². The summed E-state index contributed by atoms with van der Waals surface area (Å²) < 4.78 is 41.9. The predicted octanol–water partition coefficient (Wildman–Crippen LogP) is 3.28. The van der Waals surface area contributed by atoms with E-state index in [9.17, 15) is 13.2 Å². The summed E-state index contributed by atoms with van der Waals surface area (Å²) >= 11 is 12.3. The second kappa shape index (κ2) is 11.2. The van der Waals surface area contributed by atoms with Crippen LogP contribution < -0.4 is 4.72 Å². The fourth-order valence-electron chi connectivity index (χ4n) is 3.10. The van der Waals surface area contributed by atoms with Crippen LogP contribution in [0.15, 0.2) is 18.2 Å². The van der Waals surface area contributed by atoms with E-state index in [-0.39, 0.29) is 31.8 Å². The summed E-state index contributed by atoms with van der Waals surface area (Å²) in [6.45, 7) is 7.06. The highest BCUT2D eigenvalue weighted by Crippen LogP contribution is 2.31. The van der Waals surface area contributed by atoms with Crippen LogP contribution >= 0.6 is 23.2 Å². The van der Waals surface area contributed by atoms with E-state index in [0.717, 1.165) is 11.8 Å². The zero-order valence-electron chi connectivity index (χ0n) is 18.2. The maximum absolute atomic E-state index is 12.7. The number of hydrogen-bond donors (Lipinski definition) is 1. The molecule has 1 aromatic rings. The van der Waals surface area contributed by atoms with Crippen molar-refractivity contribution in [2.24, 2.45) is 0 Å². The molecule has 8 nitrogen and oxygen atoms in total. The third-order valence-corrected chi connectivity index (χ3v) is 5.94. The van der Waals surface area contributed by atoms with Gasteiger partial charge in [0.2, 0.25) is 10.0 Å². The Labute approximate surface area is 194 Å². The molecule has 1 aliphatic rings. The van der Waals surface area contributed by atoms with Crippen LogP contribution in [-0.2, 0) is 24.2 Å². The van der Waals surface area contributed by atoms with Crippen LogP contribution in [0, 0.1) is 0 Å². The van der Waals surface area contributed by atoms with Gasteiger partial charge < -0.3 is 19.1 Å². The lowest BCUT2D eigenvalue weighted by Gasteiger charge is -2.30. The number of benzene rings is 1. The number of hydrogen-bond acceptors (Lipinski definition) is 6. The molecule has 31 heavy (non-hydrogen) atoms. The van der Waals surface area contributed by atoms with E-state index >= 15 is 0 Å². The fourth-order valence-corrected chi connectivity index (χ4v) is 3.86. The Morgan fingerprint density at radius 3 is 2.61 bits per heavy atom. The number of amides is 1. The summed E-state index contributed by atoms with van der Waals surface area (Å²) in [5, 5.41) is 0.841. The second-order valence-electron chi connectivity index (χ2n) is 8.36. The molecule has 0 unspecified atom stereocenters. The van der Waals surface area contributed by atoms with Crippen molar-refractivity contribution in [1.29, 1.82) is 0 Å². The van der Waals surface area contributed by atoms with E-state index in [1.165, 1.54) is 0 Å². The first kappa shape index (κ1) is 26.2. The van der Waals surface area contributed by atoms with Crippen molar-refractivity contribution in [3.05, 3.63) is 33.8 Å². The van der Waals surface area contributed by atoms with Crippen molar-refractivity contribution in [2.45, 2.75) is 38.4 Å². The Bertz CT molecular complexity index is 860. The van der Waals surface area contributed by atoms with Crippen molar-refractivity contribution >= 4 is 39.3 Å².